The molecular weight excluding hydrogens is 284 g/mol. The predicted molar refractivity (Wildman–Crippen MR) is 82.5 cm³/mol. The zero-order valence-corrected chi connectivity index (χ0v) is 12.9. The Morgan fingerprint density at radius 1 is 1.32 bits per heavy atom. The molecule has 2 rings (SSSR count). The molecule has 1 aliphatic carbocycles. The van der Waals surface area contributed by atoms with E-state index in [9.17, 15) is 9.59 Å². The van der Waals surface area contributed by atoms with Crippen LogP contribution in [0.2, 0.25) is 0 Å². The van der Waals surface area contributed by atoms with Gasteiger partial charge in [-0.3, -0.25) is 9.59 Å². The molecule has 0 bridgehead atoms. The summed E-state index contributed by atoms with van der Waals surface area (Å²) in [6, 6.07) is 6.78. The van der Waals surface area contributed by atoms with Gasteiger partial charge in [0, 0.05) is 12.3 Å². The first kappa shape index (κ1) is 16.3. The first-order chi connectivity index (χ1) is 10.5. The highest BCUT2D eigenvalue weighted by Gasteiger charge is 2.48. The van der Waals surface area contributed by atoms with Gasteiger partial charge >= 0.3 is 0 Å². The quantitative estimate of drug-likeness (QED) is 0.764. The lowest BCUT2D eigenvalue weighted by molar-refractivity contribution is -0.141. The van der Waals surface area contributed by atoms with E-state index in [1.54, 1.807) is 24.3 Å². The van der Waals surface area contributed by atoms with Crippen molar-refractivity contribution in [3.63, 3.8) is 0 Å². The number of rotatable bonds is 8. The summed E-state index contributed by atoms with van der Waals surface area (Å²) >= 11 is 0. The monoisotopic (exact) mass is 306 g/mol. The molecule has 1 atom stereocenters. The number of anilines is 1. The van der Waals surface area contributed by atoms with Crippen molar-refractivity contribution in [2.75, 3.05) is 18.5 Å². The highest BCUT2D eigenvalue weighted by Crippen LogP contribution is 2.42. The van der Waals surface area contributed by atoms with Gasteiger partial charge in [0.15, 0.2) is 6.61 Å². The molecule has 0 saturated heterocycles. The molecule has 0 heterocycles. The number of hydrogen-bond acceptors (Lipinski definition) is 4. The standard InChI is InChI=1S/C16H22N2O4/c1-3-22-16(2,11-4-5-11)15(20)18-12-6-8-13(9-7-12)21-10-14(17)19/h6-9,11H,3-5,10H2,1-2H3,(H2,17,19)(H,18,20)/t16-/m0/s1. The minimum atomic E-state index is -0.782. The van der Waals surface area contributed by atoms with Gasteiger partial charge in [-0.1, -0.05) is 0 Å². The summed E-state index contributed by atoms with van der Waals surface area (Å²) in [6.07, 6.45) is 2.04. The molecule has 0 unspecified atom stereocenters. The van der Waals surface area contributed by atoms with E-state index in [2.05, 4.69) is 5.32 Å². The zero-order valence-electron chi connectivity index (χ0n) is 12.9. The van der Waals surface area contributed by atoms with Crippen LogP contribution in [0.3, 0.4) is 0 Å². The number of benzene rings is 1. The lowest BCUT2D eigenvalue weighted by atomic mass is 9.99. The Kier molecular flexibility index (Phi) is 5.03. The third-order valence-corrected chi connectivity index (χ3v) is 3.74. The fourth-order valence-corrected chi connectivity index (χ4v) is 2.35. The van der Waals surface area contributed by atoms with E-state index in [1.165, 1.54) is 0 Å². The Hall–Kier alpha value is -2.08. The van der Waals surface area contributed by atoms with Crippen molar-refractivity contribution in [3.05, 3.63) is 24.3 Å². The van der Waals surface area contributed by atoms with E-state index >= 15 is 0 Å². The summed E-state index contributed by atoms with van der Waals surface area (Å²) in [7, 11) is 0. The smallest absolute Gasteiger partial charge is 0.256 e. The molecule has 6 nitrogen and oxygen atoms in total. The maximum atomic E-state index is 12.5. The Bertz CT molecular complexity index is 540. The minimum Gasteiger partial charge on any atom is -0.484 e. The average Bonchev–Trinajstić information content (AvgIpc) is 3.31. The van der Waals surface area contributed by atoms with Crippen molar-refractivity contribution in [1.29, 1.82) is 0 Å². The number of hydrogen-bond donors (Lipinski definition) is 2. The molecule has 0 spiro atoms. The number of ether oxygens (including phenoxy) is 2. The Balaban J connectivity index is 1.97. The van der Waals surface area contributed by atoms with Crippen molar-refractivity contribution in [1.82, 2.24) is 0 Å². The topological polar surface area (TPSA) is 90.7 Å². The number of primary amides is 1. The molecule has 22 heavy (non-hydrogen) atoms. The Labute approximate surface area is 130 Å². The van der Waals surface area contributed by atoms with Gasteiger partial charge in [-0.25, -0.2) is 0 Å². The van der Waals surface area contributed by atoms with E-state index in [1.807, 2.05) is 13.8 Å². The highest BCUT2D eigenvalue weighted by molar-refractivity contribution is 5.97. The van der Waals surface area contributed by atoms with Gasteiger partial charge in [0.25, 0.3) is 11.8 Å². The fourth-order valence-electron chi connectivity index (χ4n) is 2.35. The Morgan fingerprint density at radius 3 is 2.45 bits per heavy atom. The van der Waals surface area contributed by atoms with Gasteiger partial charge in [0.2, 0.25) is 0 Å². The molecule has 0 radical (unpaired) electrons. The van der Waals surface area contributed by atoms with Crippen molar-refractivity contribution >= 4 is 17.5 Å². The van der Waals surface area contributed by atoms with Crippen molar-refractivity contribution in [2.24, 2.45) is 11.7 Å². The molecule has 3 N–H and O–H groups in total. The number of carbonyl (C=O) groups is 2. The average molecular weight is 306 g/mol. The van der Waals surface area contributed by atoms with Gasteiger partial charge in [-0.05, 0) is 56.9 Å². The molecule has 1 saturated carbocycles. The molecule has 1 aliphatic rings. The first-order valence-electron chi connectivity index (χ1n) is 7.42. The molecule has 0 aliphatic heterocycles. The normalized spacial score (nSPS) is 16.6. The molecular formula is C16H22N2O4. The molecule has 1 aromatic carbocycles. The van der Waals surface area contributed by atoms with E-state index in [0.29, 0.717) is 18.0 Å². The maximum Gasteiger partial charge on any atom is 0.256 e. The SMILES string of the molecule is CCO[C@](C)(C(=O)Nc1ccc(OCC(N)=O)cc1)C1CC1. The third kappa shape index (κ3) is 3.98. The predicted octanol–water partition coefficient (Wildman–Crippen LogP) is 1.69. The lowest BCUT2D eigenvalue weighted by Gasteiger charge is -2.28. The highest BCUT2D eigenvalue weighted by atomic mass is 16.5. The van der Waals surface area contributed by atoms with Crippen LogP contribution in [0, 0.1) is 5.92 Å². The molecule has 1 aromatic rings. The summed E-state index contributed by atoms with van der Waals surface area (Å²) in [5, 5.41) is 2.87. The number of carbonyl (C=O) groups excluding carboxylic acids is 2. The Morgan fingerprint density at radius 2 is 1.95 bits per heavy atom. The summed E-state index contributed by atoms with van der Waals surface area (Å²) < 4.78 is 10.9. The lowest BCUT2D eigenvalue weighted by Crippen LogP contribution is -2.44. The van der Waals surface area contributed by atoms with Gasteiger partial charge in [0.05, 0.1) is 0 Å². The van der Waals surface area contributed by atoms with Crippen LogP contribution in [0.5, 0.6) is 5.75 Å². The van der Waals surface area contributed by atoms with Gasteiger partial charge < -0.3 is 20.5 Å². The summed E-state index contributed by atoms with van der Waals surface area (Å²) in [5.41, 5.74) is 4.89. The number of nitrogens with two attached hydrogens (primary N) is 1. The van der Waals surface area contributed by atoms with Crippen LogP contribution in [0.4, 0.5) is 5.69 Å². The molecule has 0 aromatic heterocycles. The van der Waals surface area contributed by atoms with Crippen molar-refractivity contribution in [2.45, 2.75) is 32.3 Å². The van der Waals surface area contributed by atoms with E-state index < -0.39 is 11.5 Å². The molecule has 6 heteroatoms. The van der Waals surface area contributed by atoms with Crippen LogP contribution in [0.15, 0.2) is 24.3 Å². The van der Waals surface area contributed by atoms with Crippen LogP contribution in [0.1, 0.15) is 26.7 Å². The van der Waals surface area contributed by atoms with Crippen LogP contribution < -0.4 is 15.8 Å². The zero-order chi connectivity index (χ0) is 16.2. The summed E-state index contributed by atoms with van der Waals surface area (Å²) in [6.45, 7) is 4.06. The van der Waals surface area contributed by atoms with Crippen LogP contribution in [-0.2, 0) is 14.3 Å². The van der Waals surface area contributed by atoms with Crippen molar-refractivity contribution in [3.8, 4) is 5.75 Å². The molecule has 1 fully saturated rings. The van der Waals surface area contributed by atoms with Crippen LogP contribution >= 0.6 is 0 Å². The second kappa shape index (κ2) is 6.79. The minimum absolute atomic E-state index is 0.136. The second-order valence-corrected chi connectivity index (χ2v) is 5.55. The van der Waals surface area contributed by atoms with Crippen LogP contribution in [0.25, 0.3) is 0 Å². The van der Waals surface area contributed by atoms with Crippen LogP contribution in [-0.4, -0.2) is 30.6 Å². The largest absolute Gasteiger partial charge is 0.484 e. The third-order valence-electron chi connectivity index (χ3n) is 3.74. The number of nitrogens with one attached hydrogen (secondary N) is 1. The van der Waals surface area contributed by atoms with Gasteiger partial charge in [-0.15, -0.1) is 0 Å². The summed E-state index contributed by atoms with van der Waals surface area (Å²) in [5.74, 6) is 0.133. The van der Waals surface area contributed by atoms with E-state index in [0.717, 1.165) is 12.8 Å². The maximum absolute atomic E-state index is 12.5. The van der Waals surface area contributed by atoms with Gasteiger partial charge in [0.1, 0.15) is 11.4 Å². The summed E-state index contributed by atoms with van der Waals surface area (Å²) in [4.78, 5) is 23.1. The van der Waals surface area contributed by atoms with Gasteiger partial charge in [-0.2, -0.15) is 0 Å². The van der Waals surface area contributed by atoms with E-state index in [4.69, 9.17) is 15.2 Å². The fraction of sp³-hybridized carbons (Fsp3) is 0.500. The second-order valence-electron chi connectivity index (χ2n) is 5.55. The molecule has 120 valence electrons. The first-order valence-corrected chi connectivity index (χ1v) is 7.42. The van der Waals surface area contributed by atoms with Crippen molar-refractivity contribution < 1.29 is 19.1 Å². The number of amides is 2. The van der Waals surface area contributed by atoms with E-state index in [-0.39, 0.29) is 18.4 Å². The molecule has 2 amide bonds.